The Morgan fingerprint density at radius 3 is 2.47 bits per heavy atom. The number of carbonyl (C=O) groups excluding carboxylic acids is 1. The number of nitrogens with zero attached hydrogens (tertiary/aromatic N) is 1. The first-order chi connectivity index (χ1) is 9.12. The fourth-order valence-electron chi connectivity index (χ4n) is 4.12. The highest BCUT2D eigenvalue weighted by Crippen LogP contribution is 2.39. The number of carbonyl (C=O) groups is 1. The Kier molecular flexibility index (Phi) is 4.88. The molecule has 0 heterocycles. The third-order valence-electron chi connectivity index (χ3n) is 5.40. The van der Waals surface area contributed by atoms with Gasteiger partial charge in [0.2, 0.25) is 5.91 Å². The van der Waals surface area contributed by atoms with Crippen molar-refractivity contribution in [2.24, 2.45) is 17.1 Å². The smallest absolute Gasteiger partial charge is 0.228 e. The van der Waals surface area contributed by atoms with Crippen molar-refractivity contribution in [1.82, 2.24) is 4.90 Å². The van der Waals surface area contributed by atoms with Gasteiger partial charge in [-0.05, 0) is 45.1 Å². The number of amides is 1. The first-order valence-electron chi connectivity index (χ1n) is 8.13. The molecule has 3 nitrogen and oxygen atoms in total. The molecule has 2 unspecified atom stereocenters. The lowest BCUT2D eigenvalue weighted by atomic mass is 9.74. The molecule has 2 saturated carbocycles. The molecule has 2 fully saturated rings. The monoisotopic (exact) mass is 266 g/mol. The molecule has 19 heavy (non-hydrogen) atoms. The fraction of sp³-hybridized carbons (Fsp3) is 0.938. The van der Waals surface area contributed by atoms with Gasteiger partial charge in [-0.3, -0.25) is 4.79 Å². The molecule has 0 aromatic rings. The third kappa shape index (κ3) is 2.96. The van der Waals surface area contributed by atoms with Crippen molar-refractivity contribution in [3.8, 4) is 0 Å². The summed E-state index contributed by atoms with van der Waals surface area (Å²) in [6.07, 6.45) is 9.44. The van der Waals surface area contributed by atoms with Crippen LogP contribution in [0.15, 0.2) is 0 Å². The lowest BCUT2D eigenvalue weighted by Gasteiger charge is -2.41. The highest BCUT2D eigenvalue weighted by molar-refractivity contribution is 5.82. The summed E-state index contributed by atoms with van der Waals surface area (Å²) in [5, 5.41) is 0. The van der Waals surface area contributed by atoms with Crippen LogP contribution >= 0.6 is 0 Å². The molecule has 0 radical (unpaired) electrons. The molecule has 2 rings (SSSR count). The Morgan fingerprint density at radius 2 is 1.89 bits per heavy atom. The Labute approximate surface area is 117 Å². The molecular weight excluding hydrogens is 236 g/mol. The van der Waals surface area contributed by atoms with Crippen LogP contribution in [0.5, 0.6) is 0 Å². The van der Waals surface area contributed by atoms with Gasteiger partial charge in [-0.15, -0.1) is 0 Å². The molecular formula is C16H30N2O. The maximum atomic E-state index is 13.0. The third-order valence-corrected chi connectivity index (χ3v) is 5.40. The van der Waals surface area contributed by atoms with E-state index in [0.717, 1.165) is 32.4 Å². The maximum Gasteiger partial charge on any atom is 0.228 e. The van der Waals surface area contributed by atoms with Gasteiger partial charge in [0.15, 0.2) is 0 Å². The summed E-state index contributed by atoms with van der Waals surface area (Å²) < 4.78 is 0. The molecule has 110 valence electrons. The molecule has 2 aliphatic carbocycles. The lowest BCUT2D eigenvalue weighted by molar-refractivity contribution is -0.146. The van der Waals surface area contributed by atoms with E-state index in [1.807, 2.05) is 0 Å². The van der Waals surface area contributed by atoms with Crippen molar-refractivity contribution in [3.63, 3.8) is 0 Å². The van der Waals surface area contributed by atoms with Crippen LogP contribution in [0.4, 0.5) is 0 Å². The average molecular weight is 266 g/mol. The second-order valence-corrected chi connectivity index (χ2v) is 6.71. The number of rotatable bonds is 4. The molecule has 0 aromatic carbocycles. The average Bonchev–Trinajstić information content (AvgIpc) is 2.88. The highest BCUT2D eigenvalue weighted by Gasteiger charge is 2.41. The van der Waals surface area contributed by atoms with Crippen LogP contribution in [0.2, 0.25) is 0 Å². The minimum atomic E-state index is -0.101. The van der Waals surface area contributed by atoms with Gasteiger partial charge in [-0.25, -0.2) is 0 Å². The van der Waals surface area contributed by atoms with E-state index in [1.165, 1.54) is 32.1 Å². The summed E-state index contributed by atoms with van der Waals surface area (Å²) in [6, 6.07) is 0.404. The lowest BCUT2D eigenvalue weighted by Crippen LogP contribution is -2.50. The van der Waals surface area contributed by atoms with Crippen molar-refractivity contribution >= 4 is 5.91 Å². The van der Waals surface area contributed by atoms with Crippen LogP contribution in [-0.2, 0) is 4.79 Å². The van der Waals surface area contributed by atoms with Gasteiger partial charge in [0, 0.05) is 18.0 Å². The normalized spacial score (nSPS) is 30.3. The first kappa shape index (κ1) is 14.8. The van der Waals surface area contributed by atoms with Gasteiger partial charge in [0.1, 0.15) is 0 Å². The summed E-state index contributed by atoms with van der Waals surface area (Å²) in [5.74, 6) is 0.927. The largest absolute Gasteiger partial charge is 0.339 e. The van der Waals surface area contributed by atoms with E-state index in [9.17, 15) is 4.79 Å². The molecule has 0 aliphatic heterocycles. The van der Waals surface area contributed by atoms with E-state index < -0.39 is 0 Å². The molecule has 0 spiro atoms. The second-order valence-electron chi connectivity index (χ2n) is 6.71. The minimum absolute atomic E-state index is 0.101. The molecule has 3 heteroatoms. The van der Waals surface area contributed by atoms with E-state index >= 15 is 0 Å². The van der Waals surface area contributed by atoms with Gasteiger partial charge in [0.05, 0.1) is 0 Å². The zero-order valence-corrected chi connectivity index (χ0v) is 12.7. The fourth-order valence-corrected chi connectivity index (χ4v) is 4.12. The van der Waals surface area contributed by atoms with Gasteiger partial charge in [-0.1, -0.05) is 32.6 Å². The van der Waals surface area contributed by atoms with E-state index in [1.54, 1.807) is 0 Å². The Bertz CT molecular complexity index is 310. The Hall–Kier alpha value is -0.570. The number of hydrogen-bond donors (Lipinski definition) is 1. The topological polar surface area (TPSA) is 46.3 Å². The van der Waals surface area contributed by atoms with Gasteiger partial charge in [-0.2, -0.15) is 0 Å². The molecule has 0 saturated heterocycles. The van der Waals surface area contributed by atoms with Gasteiger partial charge >= 0.3 is 0 Å². The number of hydrogen-bond acceptors (Lipinski definition) is 2. The predicted molar refractivity (Wildman–Crippen MR) is 78.8 cm³/mol. The molecule has 1 amide bonds. The summed E-state index contributed by atoms with van der Waals surface area (Å²) in [4.78, 5) is 15.1. The zero-order valence-electron chi connectivity index (χ0n) is 12.7. The molecule has 0 aromatic heterocycles. The van der Waals surface area contributed by atoms with E-state index in [-0.39, 0.29) is 5.41 Å². The highest BCUT2D eigenvalue weighted by atomic mass is 16.2. The molecule has 2 aliphatic rings. The van der Waals surface area contributed by atoms with Crippen LogP contribution in [0.25, 0.3) is 0 Å². The van der Waals surface area contributed by atoms with E-state index in [4.69, 9.17) is 5.73 Å². The first-order valence-corrected chi connectivity index (χ1v) is 8.13. The molecule has 0 bridgehead atoms. The summed E-state index contributed by atoms with van der Waals surface area (Å²) in [7, 11) is 0. The summed E-state index contributed by atoms with van der Waals surface area (Å²) in [5.41, 5.74) is 5.79. The van der Waals surface area contributed by atoms with Crippen molar-refractivity contribution < 1.29 is 4.79 Å². The van der Waals surface area contributed by atoms with Crippen molar-refractivity contribution in [1.29, 1.82) is 0 Å². The van der Waals surface area contributed by atoms with Crippen molar-refractivity contribution in [2.45, 2.75) is 71.3 Å². The van der Waals surface area contributed by atoms with Gasteiger partial charge in [0.25, 0.3) is 0 Å². The van der Waals surface area contributed by atoms with Crippen LogP contribution in [0.3, 0.4) is 0 Å². The molecule has 2 N–H and O–H groups in total. The van der Waals surface area contributed by atoms with E-state index in [2.05, 4.69) is 18.7 Å². The van der Waals surface area contributed by atoms with Crippen LogP contribution in [0.1, 0.15) is 65.2 Å². The molecule has 2 atom stereocenters. The Morgan fingerprint density at radius 1 is 1.21 bits per heavy atom. The van der Waals surface area contributed by atoms with Crippen LogP contribution in [-0.4, -0.2) is 29.9 Å². The van der Waals surface area contributed by atoms with Crippen molar-refractivity contribution in [2.75, 3.05) is 13.1 Å². The number of nitrogens with two attached hydrogens (primary N) is 1. The van der Waals surface area contributed by atoms with Crippen LogP contribution < -0.4 is 5.73 Å². The standard InChI is InChI=1S/C16H30N2O/c1-3-18(14-9-7-8-13(14)12-17)15(19)16(2)10-5-4-6-11-16/h13-14H,3-12,17H2,1-2H3. The maximum absolute atomic E-state index is 13.0. The Balaban J connectivity index is 2.10. The summed E-state index contributed by atoms with van der Waals surface area (Å²) >= 11 is 0. The predicted octanol–water partition coefficient (Wildman–Crippen LogP) is 2.93. The minimum Gasteiger partial charge on any atom is -0.339 e. The SMILES string of the molecule is CCN(C(=O)C1(C)CCCCC1)C1CCCC1CN. The van der Waals surface area contributed by atoms with E-state index in [0.29, 0.717) is 17.9 Å². The zero-order chi connectivity index (χ0) is 13.9. The van der Waals surface area contributed by atoms with Crippen molar-refractivity contribution in [3.05, 3.63) is 0 Å². The van der Waals surface area contributed by atoms with Gasteiger partial charge < -0.3 is 10.6 Å². The quantitative estimate of drug-likeness (QED) is 0.850. The van der Waals surface area contributed by atoms with Crippen LogP contribution in [0, 0.1) is 11.3 Å². The second kappa shape index (κ2) is 6.25. The summed E-state index contributed by atoms with van der Waals surface area (Å²) in [6.45, 7) is 5.88.